The average molecular weight is 248 g/mol. The van der Waals surface area contributed by atoms with Gasteiger partial charge in [-0.15, -0.1) is 0 Å². The lowest BCUT2D eigenvalue weighted by Gasteiger charge is -2.19. The van der Waals surface area contributed by atoms with Crippen LogP contribution in [0, 0.1) is 0 Å². The van der Waals surface area contributed by atoms with Gasteiger partial charge in [0.15, 0.2) is 12.6 Å². The molecule has 0 saturated carbocycles. The molecule has 0 amide bonds. The number of hydrogen-bond donors (Lipinski definition) is 0. The molecule has 98 valence electrons. The lowest BCUT2D eigenvalue weighted by Crippen LogP contribution is -2.15. The summed E-state index contributed by atoms with van der Waals surface area (Å²) in [6.07, 6.45) is 0.793. The molecule has 1 fully saturated rings. The van der Waals surface area contributed by atoms with Crippen LogP contribution >= 0.6 is 0 Å². The SMILES string of the molecule is CC(C)(C)c1ccc(CC2OCC(C=O)O2)cc1. The van der Waals surface area contributed by atoms with Crippen molar-refractivity contribution in [3.8, 4) is 0 Å². The zero-order chi connectivity index (χ0) is 13.2. The van der Waals surface area contributed by atoms with E-state index in [1.54, 1.807) is 0 Å². The second-order valence-electron chi connectivity index (χ2n) is 5.72. The topological polar surface area (TPSA) is 35.5 Å². The van der Waals surface area contributed by atoms with E-state index in [1.165, 1.54) is 11.1 Å². The molecule has 1 aliphatic heterocycles. The predicted octanol–water partition coefficient (Wildman–Crippen LogP) is 2.47. The molecule has 2 atom stereocenters. The Kier molecular flexibility index (Phi) is 3.83. The first-order valence-corrected chi connectivity index (χ1v) is 6.31. The molecule has 1 saturated heterocycles. The molecule has 2 unspecified atom stereocenters. The van der Waals surface area contributed by atoms with Crippen LogP contribution in [-0.4, -0.2) is 25.3 Å². The molecule has 0 N–H and O–H groups in total. The maximum atomic E-state index is 10.6. The zero-order valence-electron chi connectivity index (χ0n) is 11.2. The Morgan fingerprint density at radius 1 is 1.28 bits per heavy atom. The van der Waals surface area contributed by atoms with E-state index in [4.69, 9.17) is 9.47 Å². The van der Waals surface area contributed by atoms with E-state index in [0.717, 1.165) is 6.29 Å². The van der Waals surface area contributed by atoms with Gasteiger partial charge in [-0.1, -0.05) is 45.0 Å². The normalized spacial score (nSPS) is 24.2. The fraction of sp³-hybridized carbons (Fsp3) is 0.533. The van der Waals surface area contributed by atoms with Gasteiger partial charge in [0.1, 0.15) is 6.10 Å². The largest absolute Gasteiger partial charge is 0.349 e. The standard InChI is InChI=1S/C15H20O3/c1-15(2,3)12-6-4-11(5-7-12)8-14-17-10-13(9-16)18-14/h4-7,9,13-14H,8,10H2,1-3H3. The summed E-state index contributed by atoms with van der Waals surface area (Å²) >= 11 is 0. The van der Waals surface area contributed by atoms with Crippen molar-refractivity contribution in [1.82, 2.24) is 0 Å². The van der Waals surface area contributed by atoms with Crippen molar-refractivity contribution in [1.29, 1.82) is 0 Å². The van der Waals surface area contributed by atoms with Gasteiger partial charge in [0, 0.05) is 6.42 Å². The summed E-state index contributed by atoms with van der Waals surface area (Å²) in [7, 11) is 0. The Morgan fingerprint density at radius 3 is 2.44 bits per heavy atom. The van der Waals surface area contributed by atoms with E-state index in [1.807, 2.05) is 0 Å². The van der Waals surface area contributed by atoms with Gasteiger partial charge in [0.25, 0.3) is 0 Å². The first-order valence-electron chi connectivity index (χ1n) is 6.31. The number of benzene rings is 1. The molecule has 2 rings (SSSR count). The van der Waals surface area contributed by atoms with Gasteiger partial charge in [-0.05, 0) is 16.5 Å². The molecule has 1 aromatic rings. The molecular weight excluding hydrogens is 228 g/mol. The van der Waals surface area contributed by atoms with Crippen molar-refractivity contribution in [3.63, 3.8) is 0 Å². The van der Waals surface area contributed by atoms with Gasteiger partial charge in [-0.25, -0.2) is 0 Å². The van der Waals surface area contributed by atoms with Gasteiger partial charge in [-0.3, -0.25) is 0 Å². The third-order valence-electron chi connectivity index (χ3n) is 3.15. The van der Waals surface area contributed by atoms with Crippen molar-refractivity contribution >= 4 is 6.29 Å². The first-order chi connectivity index (χ1) is 8.49. The van der Waals surface area contributed by atoms with E-state index >= 15 is 0 Å². The highest BCUT2D eigenvalue weighted by molar-refractivity contribution is 5.56. The average Bonchev–Trinajstić information content (AvgIpc) is 2.76. The van der Waals surface area contributed by atoms with E-state index in [9.17, 15) is 4.79 Å². The van der Waals surface area contributed by atoms with Crippen molar-refractivity contribution in [2.75, 3.05) is 6.61 Å². The Hall–Kier alpha value is -1.19. The van der Waals surface area contributed by atoms with Gasteiger partial charge in [-0.2, -0.15) is 0 Å². The minimum absolute atomic E-state index is 0.168. The molecule has 18 heavy (non-hydrogen) atoms. The summed E-state index contributed by atoms with van der Waals surface area (Å²) in [5.74, 6) is 0. The Morgan fingerprint density at radius 2 is 1.94 bits per heavy atom. The molecule has 3 nitrogen and oxygen atoms in total. The highest BCUT2D eigenvalue weighted by Gasteiger charge is 2.25. The molecule has 0 radical (unpaired) electrons. The van der Waals surface area contributed by atoms with Crippen LogP contribution in [0.25, 0.3) is 0 Å². The maximum Gasteiger partial charge on any atom is 0.162 e. The third-order valence-corrected chi connectivity index (χ3v) is 3.15. The van der Waals surface area contributed by atoms with Crippen molar-refractivity contribution in [2.45, 2.75) is 45.0 Å². The van der Waals surface area contributed by atoms with Crippen LogP contribution in [0.3, 0.4) is 0 Å². The Balaban J connectivity index is 1.97. The van der Waals surface area contributed by atoms with Crippen LogP contribution in [0.1, 0.15) is 31.9 Å². The molecular formula is C15H20O3. The molecule has 1 aliphatic rings. The lowest BCUT2D eigenvalue weighted by atomic mass is 9.86. The first kappa shape index (κ1) is 13.2. The molecule has 1 heterocycles. The second kappa shape index (κ2) is 5.21. The Labute approximate surface area is 108 Å². The summed E-state index contributed by atoms with van der Waals surface area (Å²) in [4.78, 5) is 10.6. The van der Waals surface area contributed by atoms with Crippen LogP contribution in [0.2, 0.25) is 0 Å². The minimum Gasteiger partial charge on any atom is -0.349 e. The lowest BCUT2D eigenvalue weighted by molar-refractivity contribution is -0.119. The van der Waals surface area contributed by atoms with Gasteiger partial charge < -0.3 is 14.3 Å². The van der Waals surface area contributed by atoms with E-state index in [-0.39, 0.29) is 11.7 Å². The van der Waals surface area contributed by atoms with Gasteiger partial charge >= 0.3 is 0 Å². The molecule has 1 aromatic carbocycles. The second-order valence-corrected chi connectivity index (χ2v) is 5.72. The molecule has 3 heteroatoms. The van der Waals surface area contributed by atoms with E-state index in [0.29, 0.717) is 13.0 Å². The number of carbonyl (C=O) groups excluding carboxylic acids is 1. The molecule has 0 spiro atoms. The highest BCUT2D eigenvalue weighted by atomic mass is 16.7. The summed E-state index contributed by atoms with van der Waals surface area (Å²) in [6.45, 7) is 6.95. The smallest absolute Gasteiger partial charge is 0.162 e. The van der Waals surface area contributed by atoms with Crippen molar-refractivity contribution in [2.24, 2.45) is 0 Å². The third kappa shape index (κ3) is 3.18. The summed E-state index contributed by atoms with van der Waals surface area (Å²) in [6, 6.07) is 8.48. The summed E-state index contributed by atoms with van der Waals surface area (Å²) in [5, 5.41) is 0. The van der Waals surface area contributed by atoms with Crippen LogP contribution in [0.5, 0.6) is 0 Å². The van der Waals surface area contributed by atoms with Gasteiger partial charge in [0.05, 0.1) is 6.61 Å². The molecule has 0 aliphatic carbocycles. The summed E-state index contributed by atoms with van der Waals surface area (Å²) in [5.41, 5.74) is 2.64. The fourth-order valence-corrected chi connectivity index (χ4v) is 1.99. The van der Waals surface area contributed by atoms with Crippen LogP contribution in [-0.2, 0) is 26.1 Å². The van der Waals surface area contributed by atoms with Crippen LogP contribution in [0.15, 0.2) is 24.3 Å². The molecule has 0 aromatic heterocycles. The molecule has 0 bridgehead atoms. The number of ether oxygens (including phenoxy) is 2. The number of rotatable bonds is 3. The number of aldehydes is 1. The summed E-state index contributed by atoms with van der Waals surface area (Å²) < 4.78 is 10.8. The zero-order valence-corrected chi connectivity index (χ0v) is 11.2. The highest BCUT2D eigenvalue weighted by Crippen LogP contribution is 2.23. The van der Waals surface area contributed by atoms with E-state index < -0.39 is 6.10 Å². The predicted molar refractivity (Wildman–Crippen MR) is 69.5 cm³/mol. The minimum atomic E-state index is -0.399. The maximum absolute atomic E-state index is 10.6. The quantitative estimate of drug-likeness (QED) is 0.771. The Bertz CT molecular complexity index is 403. The van der Waals surface area contributed by atoms with Crippen molar-refractivity contribution < 1.29 is 14.3 Å². The van der Waals surface area contributed by atoms with E-state index in [2.05, 4.69) is 45.0 Å². The van der Waals surface area contributed by atoms with Crippen LogP contribution in [0.4, 0.5) is 0 Å². The monoisotopic (exact) mass is 248 g/mol. The van der Waals surface area contributed by atoms with Crippen LogP contribution < -0.4 is 0 Å². The fourth-order valence-electron chi connectivity index (χ4n) is 1.99. The number of hydrogen-bond acceptors (Lipinski definition) is 3. The van der Waals surface area contributed by atoms with Crippen molar-refractivity contribution in [3.05, 3.63) is 35.4 Å². The van der Waals surface area contributed by atoms with Gasteiger partial charge in [0.2, 0.25) is 0 Å². The number of carbonyl (C=O) groups is 1.